The number of hydrogen-bond donors (Lipinski definition) is 1. The van der Waals surface area contributed by atoms with Crippen molar-refractivity contribution in [2.24, 2.45) is 5.73 Å². The second kappa shape index (κ2) is 8.31. The highest BCUT2D eigenvalue weighted by molar-refractivity contribution is 5.14. The lowest BCUT2D eigenvalue weighted by molar-refractivity contribution is 0.125. The first-order valence-corrected chi connectivity index (χ1v) is 7.57. The molecule has 1 fully saturated rings. The first-order valence-electron chi connectivity index (χ1n) is 7.57. The number of nitrogens with zero attached hydrogens (tertiary/aromatic N) is 2. The second-order valence-corrected chi connectivity index (χ2v) is 5.45. The van der Waals surface area contributed by atoms with Gasteiger partial charge in [0.15, 0.2) is 0 Å². The molecule has 3 nitrogen and oxygen atoms in total. The minimum atomic E-state index is 0.838. The van der Waals surface area contributed by atoms with E-state index in [1.165, 1.54) is 57.5 Å². The van der Waals surface area contributed by atoms with E-state index in [4.69, 9.17) is 5.73 Å². The summed E-state index contributed by atoms with van der Waals surface area (Å²) in [6, 6.07) is 10.8. The highest BCUT2D eigenvalue weighted by Gasteiger charge is 2.16. The Hall–Kier alpha value is -0.900. The van der Waals surface area contributed by atoms with Gasteiger partial charge in [0, 0.05) is 32.7 Å². The summed E-state index contributed by atoms with van der Waals surface area (Å²) in [6.45, 7) is 8.02. The fourth-order valence-electron chi connectivity index (χ4n) is 2.67. The van der Waals surface area contributed by atoms with E-state index in [9.17, 15) is 0 Å². The quantitative estimate of drug-likeness (QED) is 0.761. The highest BCUT2D eigenvalue weighted by Crippen LogP contribution is 2.09. The lowest BCUT2D eigenvalue weighted by Crippen LogP contribution is -2.46. The topological polar surface area (TPSA) is 32.5 Å². The molecular weight excluding hydrogens is 234 g/mol. The summed E-state index contributed by atoms with van der Waals surface area (Å²) < 4.78 is 0. The minimum absolute atomic E-state index is 0.838. The molecule has 0 aliphatic carbocycles. The van der Waals surface area contributed by atoms with Gasteiger partial charge in [-0.25, -0.2) is 0 Å². The van der Waals surface area contributed by atoms with Crippen molar-refractivity contribution in [1.29, 1.82) is 0 Å². The van der Waals surface area contributed by atoms with Crippen LogP contribution in [0.1, 0.15) is 24.8 Å². The summed E-state index contributed by atoms with van der Waals surface area (Å²) in [5, 5.41) is 0. The fraction of sp³-hybridized carbons (Fsp3) is 0.625. The van der Waals surface area contributed by atoms with Gasteiger partial charge in [-0.1, -0.05) is 36.8 Å². The van der Waals surface area contributed by atoms with Gasteiger partial charge in [-0.2, -0.15) is 0 Å². The smallest absolute Gasteiger partial charge is 0.0234 e. The highest BCUT2D eigenvalue weighted by atomic mass is 15.3. The van der Waals surface area contributed by atoms with Gasteiger partial charge in [0.05, 0.1) is 0 Å². The molecule has 1 aromatic rings. The SMILES string of the molecule is NCCCCCN1CCN(Cc2ccccc2)CC1. The number of rotatable bonds is 7. The van der Waals surface area contributed by atoms with Gasteiger partial charge < -0.3 is 10.6 Å². The molecule has 106 valence electrons. The molecule has 0 aromatic heterocycles. The summed E-state index contributed by atoms with van der Waals surface area (Å²) in [7, 11) is 0. The molecule has 1 heterocycles. The average Bonchev–Trinajstić information content (AvgIpc) is 2.46. The second-order valence-electron chi connectivity index (χ2n) is 5.45. The van der Waals surface area contributed by atoms with E-state index in [1.54, 1.807) is 0 Å². The van der Waals surface area contributed by atoms with E-state index in [-0.39, 0.29) is 0 Å². The fourth-order valence-corrected chi connectivity index (χ4v) is 2.67. The van der Waals surface area contributed by atoms with Crippen LogP contribution in [0.15, 0.2) is 30.3 Å². The third-order valence-electron chi connectivity index (χ3n) is 3.89. The Kier molecular flexibility index (Phi) is 6.34. The van der Waals surface area contributed by atoms with E-state index in [0.717, 1.165) is 13.1 Å². The van der Waals surface area contributed by atoms with Gasteiger partial charge >= 0.3 is 0 Å². The van der Waals surface area contributed by atoms with Crippen molar-refractivity contribution in [3.8, 4) is 0 Å². The summed E-state index contributed by atoms with van der Waals surface area (Å²) in [4.78, 5) is 5.16. The van der Waals surface area contributed by atoms with Gasteiger partial charge in [-0.15, -0.1) is 0 Å². The van der Waals surface area contributed by atoms with Crippen molar-refractivity contribution in [2.45, 2.75) is 25.8 Å². The molecule has 1 aliphatic rings. The predicted octanol–water partition coefficient (Wildman–Crippen LogP) is 1.93. The molecule has 0 radical (unpaired) electrons. The van der Waals surface area contributed by atoms with Gasteiger partial charge in [-0.05, 0) is 31.5 Å². The first kappa shape index (κ1) is 14.5. The van der Waals surface area contributed by atoms with E-state index in [1.807, 2.05) is 0 Å². The molecule has 0 amide bonds. The maximum Gasteiger partial charge on any atom is 0.0234 e. The maximum absolute atomic E-state index is 5.52. The van der Waals surface area contributed by atoms with Gasteiger partial charge in [0.25, 0.3) is 0 Å². The Bertz CT molecular complexity index is 331. The molecule has 0 unspecified atom stereocenters. The van der Waals surface area contributed by atoms with Crippen molar-refractivity contribution < 1.29 is 0 Å². The van der Waals surface area contributed by atoms with Crippen LogP contribution in [0.25, 0.3) is 0 Å². The van der Waals surface area contributed by atoms with E-state index in [0.29, 0.717) is 0 Å². The van der Waals surface area contributed by atoms with Gasteiger partial charge in [0.2, 0.25) is 0 Å². The van der Waals surface area contributed by atoms with Gasteiger partial charge in [-0.3, -0.25) is 4.90 Å². The standard InChI is InChI=1S/C16H27N3/c17-9-5-2-6-10-18-11-13-19(14-12-18)15-16-7-3-1-4-8-16/h1,3-4,7-8H,2,5-6,9-15,17H2. The van der Waals surface area contributed by atoms with Crippen LogP contribution in [-0.4, -0.2) is 49.1 Å². The largest absolute Gasteiger partial charge is 0.330 e. The molecule has 2 N–H and O–H groups in total. The number of nitrogens with two attached hydrogens (primary N) is 1. The first-order chi connectivity index (χ1) is 9.38. The number of piperazine rings is 1. The van der Waals surface area contributed by atoms with Crippen LogP contribution >= 0.6 is 0 Å². The molecule has 0 bridgehead atoms. The number of unbranched alkanes of at least 4 members (excludes halogenated alkanes) is 2. The molecule has 2 rings (SSSR count). The molecule has 0 atom stereocenters. The third-order valence-corrected chi connectivity index (χ3v) is 3.89. The maximum atomic E-state index is 5.52. The molecule has 1 aromatic carbocycles. The summed E-state index contributed by atoms with van der Waals surface area (Å²) in [6.07, 6.45) is 3.75. The molecule has 0 spiro atoms. The van der Waals surface area contributed by atoms with Crippen molar-refractivity contribution in [2.75, 3.05) is 39.3 Å². The molecule has 19 heavy (non-hydrogen) atoms. The lowest BCUT2D eigenvalue weighted by atomic mass is 10.2. The Morgan fingerprint density at radius 2 is 1.53 bits per heavy atom. The van der Waals surface area contributed by atoms with E-state index >= 15 is 0 Å². The molecular formula is C16H27N3. The Morgan fingerprint density at radius 3 is 2.21 bits per heavy atom. The minimum Gasteiger partial charge on any atom is -0.330 e. The molecule has 1 saturated heterocycles. The van der Waals surface area contributed by atoms with Crippen LogP contribution in [0.4, 0.5) is 0 Å². The zero-order valence-corrected chi connectivity index (χ0v) is 11.9. The van der Waals surface area contributed by atoms with Crippen LogP contribution in [0.5, 0.6) is 0 Å². The zero-order valence-electron chi connectivity index (χ0n) is 11.9. The Balaban J connectivity index is 1.62. The van der Waals surface area contributed by atoms with Crippen molar-refractivity contribution in [3.63, 3.8) is 0 Å². The molecule has 3 heteroatoms. The lowest BCUT2D eigenvalue weighted by Gasteiger charge is -2.34. The monoisotopic (exact) mass is 261 g/mol. The molecule has 0 saturated carbocycles. The van der Waals surface area contributed by atoms with Crippen molar-refractivity contribution in [3.05, 3.63) is 35.9 Å². The Labute approximate surface area is 117 Å². The van der Waals surface area contributed by atoms with Crippen LogP contribution in [0.2, 0.25) is 0 Å². The van der Waals surface area contributed by atoms with E-state index < -0.39 is 0 Å². The van der Waals surface area contributed by atoms with Crippen molar-refractivity contribution in [1.82, 2.24) is 9.80 Å². The number of hydrogen-bond acceptors (Lipinski definition) is 3. The van der Waals surface area contributed by atoms with Crippen LogP contribution < -0.4 is 5.73 Å². The number of benzene rings is 1. The summed E-state index contributed by atoms with van der Waals surface area (Å²) in [5.41, 5.74) is 6.95. The van der Waals surface area contributed by atoms with Gasteiger partial charge in [0.1, 0.15) is 0 Å². The van der Waals surface area contributed by atoms with E-state index in [2.05, 4.69) is 40.1 Å². The van der Waals surface area contributed by atoms with Crippen LogP contribution in [0, 0.1) is 0 Å². The summed E-state index contributed by atoms with van der Waals surface area (Å²) in [5.74, 6) is 0. The third kappa shape index (κ3) is 5.31. The van der Waals surface area contributed by atoms with Crippen molar-refractivity contribution >= 4 is 0 Å². The summed E-state index contributed by atoms with van der Waals surface area (Å²) >= 11 is 0. The predicted molar refractivity (Wildman–Crippen MR) is 81.1 cm³/mol. The van der Waals surface area contributed by atoms with Crippen LogP contribution in [-0.2, 0) is 6.54 Å². The Morgan fingerprint density at radius 1 is 0.842 bits per heavy atom. The zero-order chi connectivity index (χ0) is 13.3. The normalized spacial score (nSPS) is 17.7. The average molecular weight is 261 g/mol. The van der Waals surface area contributed by atoms with Crippen LogP contribution in [0.3, 0.4) is 0 Å². The molecule has 1 aliphatic heterocycles.